The number of halogens is 1. The number of aromatic nitrogens is 3. The van der Waals surface area contributed by atoms with Crippen molar-refractivity contribution >= 4 is 11.7 Å². The van der Waals surface area contributed by atoms with Crippen molar-refractivity contribution in [1.82, 2.24) is 20.1 Å². The fourth-order valence-electron chi connectivity index (χ4n) is 3.18. The summed E-state index contributed by atoms with van der Waals surface area (Å²) in [6, 6.07) is 3.31. The number of ether oxygens (including phenoxy) is 1. The molecule has 2 aromatic rings. The molecule has 1 amide bonds. The second-order valence-electron chi connectivity index (χ2n) is 6.93. The zero-order valence-corrected chi connectivity index (χ0v) is 15.8. The molecule has 2 aromatic heterocycles. The van der Waals surface area contributed by atoms with Crippen LogP contribution in [0, 0.1) is 11.7 Å². The molecule has 0 bridgehead atoms. The number of nitrogens with zero attached hydrogens (tertiary/aromatic N) is 3. The van der Waals surface area contributed by atoms with E-state index in [2.05, 4.69) is 25.4 Å². The maximum absolute atomic E-state index is 14.6. The Kier molecular flexibility index (Phi) is 6.39. The molecule has 0 saturated carbocycles. The molecule has 7 nitrogen and oxygen atoms in total. The van der Waals surface area contributed by atoms with Crippen molar-refractivity contribution in [2.24, 2.45) is 5.92 Å². The smallest absolute Gasteiger partial charge is 0.228 e. The van der Waals surface area contributed by atoms with E-state index in [-0.39, 0.29) is 23.3 Å². The van der Waals surface area contributed by atoms with E-state index in [0.717, 1.165) is 26.1 Å². The summed E-state index contributed by atoms with van der Waals surface area (Å²) in [5.41, 5.74) is 0.709. The van der Waals surface area contributed by atoms with Gasteiger partial charge in [0.25, 0.3) is 0 Å². The highest BCUT2D eigenvalue weighted by molar-refractivity contribution is 5.92. The summed E-state index contributed by atoms with van der Waals surface area (Å²) in [4.78, 5) is 18.8. The second kappa shape index (κ2) is 8.94. The van der Waals surface area contributed by atoms with Gasteiger partial charge in [-0.05, 0) is 45.0 Å². The molecule has 1 unspecified atom stereocenters. The number of hydrogen-bond acceptors (Lipinski definition) is 5. The van der Waals surface area contributed by atoms with Gasteiger partial charge in [0, 0.05) is 23.7 Å². The third-order valence-corrected chi connectivity index (χ3v) is 4.96. The predicted octanol–water partition coefficient (Wildman–Crippen LogP) is 3.07. The van der Waals surface area contributed by atoms with Crippen LogP contribution < -0.4 is 10.1 Å². The lowest BCUT2D eigenvalue weighted by atomic mass is 10.1. The van der Waals surface area contributed by atoms with E-state index < -0.39 is 5.82 Å². The number of anilines is 1. The van der Waals surface area contributed by atoms with Crippen LogP contribution in [0.5, 0.6) is 5.88 Å². The van der Waals surface area contributed by atoms with E-state index >= 15 is 0 Å². The van der Waals surface area contributed by atoms with Crippen LogP contribution in [0.1, 0.15) is 32.6 Å². The van der Waals surface area contributed by atoms with E-state index in [4.69, 9.17) is 4.74 Å². The van der Waals surface area contributed by atoms with Gasteiger partial charge in [-0.1, -0.05) is 13.3 Å². The lowest BCUT2D eigenvalue weighted by Gasteiger charge is -2.27. The van der Waals surface area contributed by atoms with Gasteiger partial charge < -0.3 is 15.0 Å². The van der Waals surface area contributed by atoms with Gasteiger partial charge in [-0.25, -0.2) is 9.37 Å². The maximum atomic E-state index is 14.6. The molecule has 1 fully saturated rings. The number of nitrogens with one attached hydrogen (secondary N) is 2. The lowest BCUT2D eigenvalue weighted by Crippen LogP contribution is -2.33. The van der Waals surface area contributed by atoms with Crippen LogP contribution in [0.4, 0.5) is 10.2 Å². The Morgan fingerprint density at radius 2 is 2.15 bits per heavy atom. The molecular weight excluding hydrogens is 349 g/mol. The average molecular weight is 375 g/mol. The summed E-state index contributed by atoms with van der Waals surface area (Å²) in [5.74, 6) is -0.685. The fourth-order valence-corrected chi connectivity index (χ4v) is 3.18. The minimum atomic E-state index is -0.599. The molecule has 0 aromatic carbocycles. The Hall–Kier alpha value is -2.48. The van der Waals surface area contributed by atoms with Gasteiger partial charge in [0.2, 0.25) is 11.8 Å². The molecule has 0 spiro atoms. The van der Waals surface area contributed by atoms with E-state index in [1.54, 1.807) is 12.1 Å². The van der Waals surface area contributed by atoms with Gasteiger partial charge in [-0.2, -0.15) is 5.10 Å². The number of amides is 1. The number of rotatable bonds is 7. The van der Waals surface area contributed by atoms with Gasteiger partial charge >= 0.3 is 0 Å². The summed E-state index contributed by atoms with van der Waals surface area (Å²) >= 11 is 0. The van der Waals surface area contributed by atoms with E-state index in [9.17, 15) is 9.18 Å². The number of hydrogen-bond donors (Lipinski definition) is 2. The number of piperidine rings is 1. The summed E-state index contributed by atoms with van der Waals surface area (Å²) in [7, 11) is 1.51. The largest absolute Gasteiger partial charge is 0.481 e. The second-order valence-corrected chi connectivity index (χ2v) is 6.93. The third-order valence-electron chi connectivity index (χ3n) is 4.96. The van der Waals surface area contributed by atoms with Gasteiger partial charge in [-0.15, -0.1) is 0 Å². The summed E-state index contributed by atoms with van der Waals surface area (Å²) < 4.78 is 19.6. The molecule has 1 saturated heterocycles. The molecule has 2 N–H and O–H groups in total. The SMILES string of the molecule is COc1ccc(-c2[nH]nc(NC(=O)C(C)CCN3CCCCC3)c2F)cn1. The van der Waals surface area contributed by atoms with Crippen LogP contribution in [0.3, 0.4) is 0 Å². The lowest BCUT2D eigenvalue weighted by molar-refractivity contribution is -0.119. The molecule has 1 aliphatic rings. The quantitative estimate of drug-likeness (QED) is 0.777. The number of likely N-dealkylation sites (tertiary alicyclic amines) is 1. The zero-order valence-electron chi connectivity index (χ0n) is 15.8. The van der Waals surface area contributed by atoms with Crippen LogP contribution in [-0.4, -0.2) is 52.7 Å². The van der Waals surface area contributed by atoms with E-state index in [0.29, 0.717) is 11.4 Å². The molecule has 1 aliphatic heterocycles. The van der Waals surface area contributed by atoms with Gasteiger partial charge in [-0.3, -0.25) is 9.89 Å². The molecule has 3 heterocycles. The van der Waals surface area contributed by atoms with Crippen molar-refractivity contribution < 1.29 is 13.9 Å². The topological polar surface area (TPSA) is 83.1 Å². The molecule has 1 atom stereocenters. The number of carbonyl (C=O) groups is 1. The maximum Gasteiger partial charge on any atom is 0.228 e. The molecule has 0 radical (unpaired) electrons. The minimum Gasteiger partial charge on any atom is -0.481 e. The number of carbonyl (C=O) groups excluding carboxylic acids is 1. The highest BCUT2D eigenvalue weighted by Crippen LogP contribution is 2.26. The number of pyridine rings is 1. The fraction of sp³-hybridized carbons (Fsp3) is 0.526. The molecule has 3 rings (SSSR count). The van der Waals surface area contributed by atoms with Crippen LogP contribution in [0.2, 0.25) is 0 Å². The third kappa shape index (κ3) is 4.82. The molecular formula is C19H26FN5O2. The monoisotopic (exact) mass is 375 g/mol. The summed E-state index contributed by atoms with van der Waals surface area (Å²) in [6.45, 7) is 4.95. The van der Waals surface area contributed by atoms with Crippen LogP contribution in [0.25, 0.3) is 11.3 Å². The summed E-state index contributed by atoms with van der Waals surface area (Å²) in [6.07, 6.45) is 5.97. The molecule has 146 valence electrons. The van der Waals surface area contributed by atoms with E-state index in [1.807, 2.05) is 6.92 Å². The van der Waals surface area contributed by atoms with Gasteiger partial charge in [0.05, 0.1) is 7.11 Å². The van der Waals surface area contributed by atoms with Crippen LogP contribution >= 0.6 is 0 Å². The first-order valence-electron chi connectivity index (χ1n) is 9.36. The van der Waals surface area contributed by atoms with Crippen molar-refractivity contribution in [3.05, 3.63) is 24.1 Å². The molecule has 0 aliphatic carbocycles. The normalized spacial score (nSPS) is 16.1. The number of H-pyrrole nitrogens is 1. The van der Waals surface area contributed by atoms with Crippen molar-refractivity contribution in [1.29, 1.82) is 0 Å². The van der Waals surface area contributed by atoms with Gasteiger partial charge in [0.1, 0.15) is 5.69 Å². The Morgan fingerprint density at radius 1 is 1.37 bits per heavy atom. The Labute approximate surface area is 158 Å². The number of aromatic amines is 1. The standard InChI is InChI=1S/C19H26FN5O2/c1-13(8-11-25-9-4-3-5-10-25)19(26)22-18-16(20)17(23-24-18)14-6-7-15(27-2)21-12-14/h6-7,12-13H,3-5,8-11H2,1-2H3,(H2,22,23,24,26). The van der Waals surface area contributed by atoms with Crippen molar-refractivity contribution in [3.8, 4) is 17.1 Å². The van der Waals surface area contributed by atoms with Crippen molar-refractivity contribution in [3.63, 3.8) is 0 Å². The Balaban J connectivity index is 1.58. The van der Waals surface area contributed by atoms with Crippen LogP contribution in [-0.2, 0) is 4.79 Å². The zero-order chi connectivity index (χ0) is 19.2. The van der Waals surface area contributed by atoms with E-state index in [1.165, 1.54) is 32.6 Å². The number of methoxy groups -OCH3 is 1. The first-order chi connectivity index (χ1) is 13.1. The first-order valence-corrected chi connectivity index (χ1v) is 9.36. The minimum absolute atomic E-state index is 0.0874. The summed E-state index contributed by atoms with van der Waals surface area (Å²) in [5, 5.41) is 9.12. The van der Waals surface area contributed by atoms with Crippen molar-refractivity contribution in [2.45, 2.75) is 32.6 Å². The molecule has 8 heteroatoms. The first kappa shape index (κ1) is 19.3. The average Bonchev–Trinajstić information content (AvgIpc) is 3.07. The van der Waals surface area contributed by atoms with Crippen LogP contribution in [0.15, 0.2) is 18.3 Å². The van der Waals surface area contributed by atoms with Gasteiger partial charge in [0.15, 0.2) is 11.6 Å². The highest BCUT2D eigenvalue weighted by atomic mass is 19.1. The van der Waals surface area contributed by atoms with Crippen molar-refractivity contribution in [2.75, 3.05) is 32.1 Å². The predicted molar refractivity (Wildman–Crippen MR) is 101 cm³/mol. The molecule has 27 heavy (non-hydrogen) atoms. The Bertz CT molecular complexity index is 756. The highest BCUT2D eigenvalue weighted by Gasteiger charge is 2.21. The Morgan fingerprint density at radius 3 is 2.81 bits per heavy atom.